The number of nitrogen functional groups attached to an aromatic ring is 1. The smallest absolute Gasteiger partial charge is 0.178 e. The Labute approximate surface area is 127 Å². The third-order valence-corrected chi connectivity index (χ3v) is 3.55. The Bertz CT molecular complexity index is 766. The normalized spacial score (nSPS) is 10.6. The number of methoxy groups -OCH3 is 1. The Kier molecular flexibility index (Phi) is 3.54. The molecule has 0 aliphatic carbocycles. The minimum atomic E-state index is 0.329. The van der Waals surface area contributed by atoms with E-state index in [4.69, 9.17) is 26.6 Å². The number of nitrogens with two attached hydrogens (primary N) is 1. The summed E-state index contributed by atoms with van der Waals surface area (Å²) in [5.41, 5.74) is 8.33. The molecule has 0 fully saturated rings. The van der Waals surface area contributed by atoms with E-state index in [9.17, 15) is 0 Å². The van der Waals surface area contributed by atoms with Gasteiger partial charge in [-0.1, -0.05) is 41.0 Å². The van der Waals surface area contributed by atoms with Crippen molar-refractivity contribution in [3.63, 3.8) is 0 Å². The Morgan fingerprint density at radius 1 is 1.10 bits per heavy atom. The van der Waals surface area contributed by atoms with Crippen molar-refractivity contribution in [2.24, 2.45) is 0 Å². The molecular weight excluding hydrogens is 288 g/mol. The molecule has 0 spiro atoms. The van der Waals surface area contributed by atoms with Crippen LogP contribution in [0.1, 0.15) is 0 Å². The van der Waals surface area contributed by atoms with Crippen LogP contribution in [0.15, 0.2) is 53.1 Å². The van der Waals surface area contributed by atoms with Gasteiger partial charge in [0.05, 0.1) is 17.7 Å². The van der Waals surface area contributed by atoms with E-state index in [2.05, 4.69) is 5.16 Å². The van der Waals surface area contributed by atoms with E-state index in [1.807, 2.05) is 42.5 Å². The van der Waals surface area contributed by atoms with Crippen LogP contribution in [-0.4, -0.2) is 12.3 Å². The largest absolute Gasteiger partial charge is 0.497 e. The summed E-state index contributed by atoms with van der Waals surface area (Å²) < 4.78 is 10.5. The summed E-state index contributed by atoms with van der Waals surface area (Å²) in [4.78, 5) is 0. The van der Waals surface area contributed by atoms with E-state index in [1.165, 1.54) is 0 Å². The maximum atomic E-state index is 6.23. The Morgan fingerprint density at radius 2 is 1.81 bits per heavy atom. The molecule has 1 aromatic heterocycles. The minimum Gasteiger partial charge on any atom is -0.497 e. The first-order chi connectivity index (χ1) is 10.2. The zero-order chi connectivity index (χ0) is 14.8. The number of anilines is 1. The van der Waals surface area contributed by atoms with Crippen LogP contribution in [0.2, 0.25) is 5.02 Å². The van der Waals surface area contributed by atoms with Crippen molar-refractivity contribution in [2.75, 3.05) is 12.8 Å². The molecule has 2 N–H and O–H groups in total. The molecule has 5 heteroatoms. The van der Waals surface area contributed by atoms with Gasteiger partial charge in [-0.3, -0.25) is 0 Å². The quantitative estimate of drug-likeness (QED) is 0.785. The van der Waals surface area contributed by atoms with Crippen LogP contribution in [-0.2, 0) is 0 Å². The van der Waals surface area contributed by atoms with Crippen molar-refractivity contribution < 1.29 is 9.26 Å². The van der Waals surface area contributed by atoms with Crippen LogP contribution in [0, 0.1) is 0 Å². The minimum absolute atomic E-state index is 0.329. The highest BCUT2D eigenvalue weighted by molar-refractivity contribution is 6.33. The molecule has 0 saturated carbocycles. The number of halogens is 1. The summed E-state index contributed by atoms with van der Waals surface area (Å²) in [5, 5.41) is 4.45. The number of aromatic nitrogens is 1. The van der Waals surface area contributed by atoms with E-state index in [0.29, 0.717) is 16.6 Å². The van der Waals surface area contributed by atoms with Crippen molar-refractivity contribution in [1.82, 2.24) is 5.16 Å². The topological polar surface area (TPSA) is 61.3 Å². The highest BCUT2D eigenvalue weighted by Crippen LogP contribution is 2.39. The lowest BCUT2D eigenvalue weighted by atomic mass is 10.0. The summed E-state index contributed by atoms with van der Waals surface area (Å²) in [6.07, 6.45) is 0. The van der Waals surface area contributed by atoms with E-state index in [0.717, 1.165) is 22.4 Å². The molecule has 21 heavy (non-hydrogen) atoms. The van der Waals surface area contributed by atoms with Gasteiger partial charge in [-0.25, -0.2) is 0 Å². The number of hydrogen-bond acceptors (Lipinski definition) is 4. The monoisotopic (exact) mass is 300 g/mol. The van der Waals surface area contributed by atoms with Gasteiger partial charge in [0, 0.05) is 5.56 Å². The highest BCUT2D eigenvalue weighted by Gasteiger charge is 2.19. The molecular formula is C16H13ClN2O2. The van der Waals surface area contributed by atoms with Gasteiger partial charge in [0.15, 0.2) is 11.6 Å². The molecule has 106 valence electrons. The number of nitrogens with zero attached hydrogens (tertiary/aromatic N) is 1. The Balaban J connectivity index is 2.15. The van der Waals surface area contributed by atoms with Gasteiger partial charge in [0.2, 0.25) is 0 Å². The van der Waals surface area contributed by atoms with Crippen LogP contribution in [0.25, 0.3) is 22.5 Å². The number of hydrogen-bond donors (Lipinski definition) is 1. The van der Waals surface area contributed by atoms with Crippen molar-refractivity contribution in [3.8, 4) is 28.2 Å². The van der Waals surface area contributed by atoms with Crippen LogP contribution < -0.4 is 10.5 Å². The van der Waals surface area contributed by atoms with Crippen molar-refractivity contribution >= 4 is 17.4 Å². The molecule has 0 aliphatic rings. The van der Waals surface area contributed by atoms with Gasteiger partial charge in [-0.15, -0.1) is 0 Å². The lowest BCUT2D eigenvalue weighted by molar-refractivity contribution is 0.415. The molecule has 4 nitrogen and oxygen atoms in total. The maximum absolute atomic E-state index is 6.23. The zero-order valence-electron chi connectivity index (χ0n) is 11.3. The number of ether oxygens (including phenoxy) is 1. The first-order valence-corrected chi connectivity index (χ1v) is 6.73. The fraction of sp³-hybridized carbons (Fsp3) is 0.0625. The lowest BCUT2D eigenvalue weighted by Crippen LogP contribution is -1.89. The summed E-state index contributed by atoms with van der Waals surface area (Å²) >= 11 is 6.23. The average molecular weight is 301 g/mol. The van der Waals surface area contributed by atoms with Gasteiger partial charge in [0.25, 0.3) is 0 Å². The molecule has 0 aliphatic heterocycles. The maximum Gasteiger partial charge on any atom is 0.178 e. The summed E-state index contributed by atoms with van der Waals surface area (Å²) in [6.45, 7) is 0. The van der Waals surface area contributed by atoms with Crippen LogP contribution in [0.4, 0.5) is 5.82 Å². The molecule has 0 radical (unpaired) electrons. The lowest BCUT2D eigenvalue weighted by Gasteiger charge is -2.05. The van der Waals surface area contributed by atoms with Crippen molar-refractivity contribution in [1.29, 1.82) is 0 Å². The molecule has 0 bridgehead atoms. The molecule has 3 aromatic rings. The second-order valence-electron chi connectivity index (χ2n) is 4.48. The summed E-state index contributed by atoms with van der Waals surface area (Å²) in [7, 11) is 1.62. The average Bonchev–Trinajstić information content (AvgIpc) is 2.89. The van der Waals surface area contributed by atoms with Crippen LogP contribution in [0.5, 0.6) is 5.75 Å². The fourth-order valence-corrected chi connectivity index (χ4v) is 2.39. The fourth-order valence-electron chi connectivity index (χ4n) is 2.17. The van der Waals surface area contributed by atoms with E-state index in [1.54, 1.807) is 13.2 Å². The Hall–Kier alpha value is -2.46. The van der Waals surface area contributed by atoms with Crippen molar-refractivity contribution in [2.45, 2.75) is 0 Å². The molecule has 0 unspecified atom stereocenters. The Morgan fingerprint density at radius 3 is 2.48 bits per heavy atom. The molecule has 2 aromatic carbocycles. The second-order valence-corrected chi connectivity index (χ2v) is 4.89. The van der Waals surface area contributed by atoms with Crippen LogP contribution in [0.3, 0.4) is 0 Å². The third kappa shape index (κ3) is 2.45. The third-order valence-electron chi connectivity index (χ3n) is 3.22. The standard InChI is InChI=1S/C16H13ClN2O2/c1-20-11-8-6-10(7-9-11)14-15(21-19-16(14)18)12-4-2-3-5-13(12)17/h2-9H,1H3,(H2,18,19). The summed E-state index contributed by atoms with van der Waals surface area (Å²) in [6, 6.07) is 14.9. The number of benzene rings is 2. The second kappa shape index (κ2) is 5.50. The van der Waals surface area contributed by atoms with Crippen LogP contribution >= 0.6 is 11.6 Å². The molecule has 0 atom stereocenters. The van der Waals surface area contributed by atoms with E-state index in [-0.39, 0.29) is 0 Å². The van der Waals surface area contributed by atoms with E-state index >= 15 is 0 Å². The van der Waals surface area contributed by atoms with Gasteiger partial charge < -0.3 is 15.0 Å². The SMILES string of the molecule is COc1ccc(-c2c(N)noc2-c2ccccc2Cl)cc1. The molecule has 0 saturated heterocycles. The molecule has 0 amide bonds. The number of rotatable bonds is 3. The van der Waals surface area contributed by atoms with Gasteiger partial charge >= 0.3 is 0 Å². The van der Waals surface area contributed by atoms with E-state index < -0.39 is 0 Å². The van der Waals surface area contributed by atoms with Gasteiger partial charge in [-0.05, 0) is 29.8 Å². The summed E-state index contributed by atoms with van der Waals surface area (Å²) in [5.74, 6) is 1.66. The zero-order valence-corrected chi connectivity index (χ0v) is 12.1. The highest BCUT2D eigenvalue weighted by atomic mass is 35.5. The molecule has 3 rings (SSSR count). The first kappa shape index (κ1) is 13.5. The van der Waals surface area contributed by atoms with Gasteiger partial charge in [-0.2, -0.15) is 0 Å². The molecule has 1 heterocycles. The predicted octanol–water partition coefficient (Wildman–Crippen LogP) is 4.25. The van der Waals surface area contributed by atoms with Gasteiger partial charge in [0.1, 0.15) is 5.75 Å². The first-order valence-electron chi connectivity index (χ1n) is 6.35. The van der Waals surface area contributed by atoms with Crippen molar-refractivity contribution in [3.05, 3.63) is 53.6 Å². The predicted molar refractivity (Wildman–Crippen MR) is 83.3 cm³/mol.